The van der Waals surface area contributed by atoms with Crippen molar-refractivity contribution in [2.24, 2.45) is 5.92 Å². The number of hydrogen-bond acceptors (Lipinski definition) is 3. The summed E-state index contributed by atoms with van der Waals surface area (Å²) in [5.41, 5.74) is 1.14. The van der Waals surface area contributed by atoms with Crippen molar-refractivity contribution in [1.82, 2.24) is 10.2 Å². The highest BCUT2D eigenvalue weighted by Gasteiger charge is 2.33. The van der Waals surface area contributed by atoms with Gasteiger partial charge in [0.2, 0.25) is 5.91 Å². The predicted molar refractivity (Wildman–Crippen MR) is 104 cm³/mol. The van der Waals surface area contributed by atoms with Crippen LogP contribution >= 0.6 is 0 Å². The lowest BCUT2D eigenvalue weighted by molar-refractivity contribution is -0.138. The van der Waals surface area contributed by atoms with Crippen LogP contribution in [-0.2, 0) is 11.3 Å². The van der Waals surface area contributed by atoms with E-state index in [-0.39, 0.29) is 5.92 Å². The Morgan fingerprint density at radius 2 is 1.96 bits per heavy atom. The highest BCUT2D eigenvalue weighted by molar-refractivity contribution is 5.88. The van der Waals surface area contributed by atoms with Gasteiger partial charge in [-0.25, -0.2) is 0 Å². The van der Waals surface area contributed by atoms with E-state index in [1.807, 2.05) is 6.07 Å². The van der Waals surface area contributed by atoms with E-state index in [1.165, 1.54) is 23.6 Å². The maximum atomic E-state index is 13.3. The van der Waals surface area contributed by atoms with Crippen molar-refractivity contribution in [1.29, 1.82) is 0 Å². The van der Waals surface area contributed by atoms with Crippen molar-refractivity contribution in [3.8, 4) is 5.75 Å². The number of amides is 1. The lowest BCUT2D eigenvalue weighted by Crippen LogP contribution is -2.42. The molecule has 0 radical (unpaired) electrons. The molecule has 26 heavy (non-hydrogen) atoms. The van der Waals surface area contributed by atoms with Gasteiger partial charge in [-0.1, -0.05) is 43.2 Å². The maximum Gasteiger partial charge on any atom is 0.227 e. The molecule has 4 heteroatoms. The molecule has 2 aliphatic rings. The van der Waals surface area contributed by atoms with Gasteiger partial charge in [-0.15, -0.1) is 0 Å². The van der Waals surface area contributed by atoms with E-state index in [4.69, 9.17) is 4.74 Å². The van der Waals surface area contributed by atoms with E-state index >= 15 is 0 Å². The Hall–Kier alpha value is -2.07. The van der Waals surface area contributed by atoms with Crippen LogP contribution in [0.3, 0.4) is 0 Å². The average Bonchev–Trinajstić information content (AvgIpc) is 3.39. The fourth-order valence-electron chi connectivity index (χ4n) is 4.54. The third kappa shape index (κ3) is 3.30. The van der Waals surface area contributed by atoms with Gasteiger partial charge in [-0.05, 0) is 42.6 Å². The molecule has 1 aliphatic heterocycles. The number of rotatable bonds is 5. The molecule has 2 fully saturated rings. The normalized spacial score (nSPS) is 20.6. The van der Waals surface area contributed by atoms with E-state index in [0.717, 1.165) is 43.7 Å². The molecule has 0 aromatic heterocycles. The second-order valence-corrected chi connectivity index (χ2v) is 7.56. The zero-order valence-electron chi connectivity index (χ0n) is 15.5. The Balaban J connectivity index is 1.71. The minimum absolute atomic E-state index is 0.122. The average molecular weight is 352 g/mol. The molecule has 1 heterocycles. The molecule has 2 aromatic carbocycles. The molecule has 1 unspecified atom stereocenters. The van der Waals surface area contributed by atoms with Crippen LogP contribution in [0.4, 0.5) is 0 Å². The van der Waals surface area contributed by atoms with Crippen LogP contribution in [0.2, 0.25) is 0 Å². The van der Waals surface area contributed by atoms with Gasteiger partial charge in [0.15, 0.2) is 0 Å². The first-order valence-corrected chi connectivity index (χ1v) is 9.83. The van der Waals surface area contributed by atoms with E-state index in [9.17, 15) is 4.79 Å². The van der Waals surface area contributed by atoms with E-state index in [1.54, 1.807) is 7.11 Å². The highest BCUT2D eigenvalue weighted by Crippen LogP contribution is 2.33. The molecule has 2 aromatic rings. The van der Waals surface area contributed by atoms with E-state index in [0.29, 0.717) is 18.5 Å². The van der Waals surface area contributed by atoms with Gasteiger partial charge >= 0.3 is 0 Å². The minimum Gasteiger partial charge on any atom is -0.496 e. The fraction of sp³-hybridized carbons (Fsp3) is 0.500. The largest absolute Gasteiger partial charge is 0.496 e. The van der Waals surface area contributed by atoms with Crippen molar-refractivity contribution in [2.45, 2.75) is 44.7 Å². The van der Waals surface area contributed by atoms with Crippen molar-refractivity contribution in [3.63, 3.8) is 0 Å². The molecule has 1 saturated heterocycles. The Bertz CT molecular complexity index is 777. The lowest BCUT2D eigenvalue weighted by atomic mass is 10.00. The quantitative estimate of drug-likeness (QED) is 0.891. The molecule has 138 valence electrons. The van der Waals surface area contributed by atoms with Crippen molar-refractivity contribution in [3.05, 3.63) is 42.0 Å². The summed E-state index contributed by atoms with van der Waals surface area (Å²) in [6, 6.07) is 12.9. The minimum atomic E-state index is 0.122. The summed E-state index contributed by atoms with van der Waals surface area (Å²) in [7, 11) is 1.72. The Kier molecular flexibility index (Phi) is 5.11. The van der Waals surface area contributed by atoms with Gasteiger partial charge < -0.3 is 15.0 Å². The summed E-state index contributed by atoms with van der Waals surface area (Å²) in [5, 5.41) is 5.73. The molecule has 4 nitrogen and oxygen atoms in total. The summed E-state index contributed by atoms with van der Waals surface area (Å²) >= 11 is 0. The smallest absolute Gasteiger partial charge is 0.227 e. The second kappa shape index (κ2) is 7.67. The third-order valence-corrected chi connectivity index (χ3v) is 6.00. The Morgan fingerprint density at radius 1 is 1.15 bits per heavy atom. The molecular weight excluding hydrogens is 324 g/mol. The zero-order chi connectivity index (χ0) is 17.9. The van der Waals surface area contributed by atoms with Crippen molar-refractivity contribution < 1.29 is 9.53 Å². The Morgan fingerprint density at radius 3 is 2.69 bits per heavy atom. The van der Waals surface area contributed by atoms with Crippen LogP contribution in [0, 0.1) is 5.92 Å². The van der Waals surface area contributed by atoms with Crippen LogP contribution < -0.4 is 10.1 Å². The number of methoxy groups -OCH3 is 1. The third-order valence-electron chi connectivity index (χ3n) is 6.00. The standard InChI is InChI=1S/C22H28N2O2/c1-26-21-11-10-16-6-2-5-9-19(16)20(21)15-24(18-7-3-4-8-18)22(25)17-12-13-23-14-17/h2,5-6,9-11,17-18,23H,3-4,7-8,12-15H2,1H3. The van der Waals surface area contributed by atoms with Gasteiger partial charge in [0, 0.05) is 18.2 Å². The summed E-state index contributed by atoms with van der Waals surface area (Å²) < 4.78 is 5.67. The number of carbonyl (C=O) groups is 1. The fourth-order valence-corrected chi connectivity index (χ4v) is 4.54. The van der Waals surface area contributed by atoms with E-state index < -0.39 is 0 Å². The SMILES string of the molecule is COc1ccc2ccccc2c1CN(C(=O)C1CCNC1)C1CCCC1. The van der Waals surface area contributed by atoms with Crippen LogP contribution in [0.1, 0.15) is 37.7 Å². The summed E-state index contributed by atoms with van der Waals surface area (Å²) in [4.78, 5) is 15.5. The van der Waals surface area contributed by atoms with Gasteiger partial charge in [-0.3, -0.25) is 4.79 Å². The molecule has 1 saturated carbocycles. The van der Waals surface area contributed by atoms with Crippen molar-refractivity contribution >= 4 is 16.7 Å². The molecule has 0 bridgehead atoms. The molecule has 1 N–H and O–H groups in total. The Labute approximate surface area is 155 Å². The topological polar surface area (TPSA) is 41.6 Å². The van der Waals surface area contributed by atoms with Gasteiger partial charge in [-0.2, -0.15) is 0 Å². The van der Waals surface area contributed by atoms with Gasteiger partial charge in [0.05, 0.1) is 19.6 Å². The number of hydrogen-bond donors (Lipinski definition) is 1. The lowest BCUT2D eigenvalue weighted by Gasteiger charge is -2.32. The van der Waals surface area contributed by atoms with Crippen LogP contribution in [-0.4, -0.2) is 37.0 Å². The zero-order valence-corrected chi connectivity index (χ0v) is 15.5. The first-order chi connectivity index (χ1) is 12.8. The molecular formula is C22H28N2O2. The summed E-state index contributed by atoms with van der Waals surface area (Å²) in [5.74, 6) is 1.32. The van der Waals surface area contributed by atoms with Gasteiger partial charge in [0.1, 0.15) is 5.75 Å². The maximum absolute atomic E-state index is 13.3. The number of benzene rings is 2. The molecule has 1 atom stereocenters. The van der Waals surface area contributed by atoms with Gasteiger partial charge in [0.25, 0.3) is 0 Å². The molecule has 4 rings (SSSR count). The molecule has 1 amide bonds. The number of nitrogens with one attached hydrogen (secondary N) is 1. The number of nitrogens with zero attached hydrogens (tertiary/aromatic N) is 1. The second-order valence-electron chi connectivity index (χ2n) is 7.56. The van der Waals surface area contributed by atoms with E-state index in [2.05, 4.69) is 40.5 Å². The van der Waals surface area contributed by atoms with Crippen LogP contribution in [0.15, 0.2) is 36.4 Å². The van der Waals surface area contributed by atoms with Crippen LogP contribution in [0.5, 0.6) is 5.75 Å². The summed E-state index contributed by atoms with van der Waals surface area (Å²) in [6.45, 7) is 2.41. The number of fused-ring (bicyclic) bond motifs is 1. The first-order valence-electron chi connectivity index (χ1n) is 9.83. The van der Waals surface area contributed by atoms with Crippen molar-refractivity contribution in [2.75, 3.05) is 20.2 Å². The predicted octanol–water partition coefficient (Wildman–Crippen LogP) is 3.73. The number of ether oxygens (including phenoxy) is 1. The highest BCUT2D eigenvalue weighted by atomic mass is 16.5. The first kappa shape index (κ1) is 17.3. The molecule has 0 spiro atoms. The number of carbonyl (C=O) groups excluding carboxylic acids is 1. The monoisotopic (exact) mass is 352 g/mol. The van der Waals surface area contributed by atoms with Crippen LogP contribution in [0.25, 0.3) is 10.8 Å². The molecule has 1 aliphatic carbocycles. The summed E-state index contributed by atoms with van der Waals surface area (Å²) in [6.07, 6.45) is 5.65.